The second-order valence-electron chi connectivity index (χ2n) is 3.06. The third-order valence-corrected chi connectivity index (χ3v) is 2.04. The molecule has 4 N–H and O–H groups in total. The maximum absolute atomic E-state index is 11.1. The number of nitrogens with two attached hydrogens (primary N) is 1. The third kappa shape index (κ3) is 2.27. The van der Waals surface area contributed by atoms with E-state index in [1.807, 2.05) is 5.43 Å². The molecule has 1 heterocycles. The summed E-state index contributed by atoms with van der Waals surface area (Å²) < 4.78 is 0. The van der Waals surface area contributed by atoms with E-state index in [0.29, 0.717) is 0 Å². The summed E-state index contributed by atoms with van der Waals surface area (Å²) in [6.07, 6.45) is 0. The van der Waals surface area contributed by atoms with Gasteiger partial charge in [-0.15, -0.1) is 0 Å². The molecule has 1 saturated heterocycles. The fraction of sp³-hybridized carbons (Fsp3) is 0.571. The van der Waals surface area contributed by atoms with Gasteiger partial charge in [0.2, 0.25) is 11.8 Å². The van der Waals surface area contributed by atoms with Gasteiger partial charge in [-0.05, 0) is 6.92 Å². The highest BCUT2D eigenvalue weighted by atomic mass is 16.2. The Morgan fingerprint density at radius 1 is 1.50 bits per heavy atom. The third-order valence-electron chi connectivity index (χ3n) is 2.04. The second-order valence-corrected chi connectivity index (χ2v) is 3.06. The van der Waals surface area contributed by atoms with Crippen LogP contribution >= 0.6 is 0 Å². The summed E-state index contributed by atoms with van der Waals surface area (Å²) in [5, 5.41) is 2.14. The van der Waals surface area contributed by atoms with Gasteiger partial charge in [0, 0.05) is 0 Å². The zero-order valence-electron chi connectivity index (χ0n) is 7.74. The van der Waals surface area contributed by atoms with E-state index in [0.717, 1.165) is 0 Å². The van der Waals surface area contributed by atoms with Crippen molar-refractivity contribution >= 4 is 17.7 Å². The summed E-state index contributed by atoms with van der Waals surface area (Å²) in [6.45, 7) is 1.63. The molecule has 0 aromatic carbocycles. The van der Waals surface area contributed by atoms with E-state index < -0.39 is 23.8 Å². The van der Waals surface area contributed by atoms with Crippen molar-refractivity contribution in [3.05, 3.63) is 0 Å². The van der Waals surface area contributed by atoms with E-state index in [-0.39, 0.29) is 13.1 Å². The summed E-state index contributed by atoms with van der Waals surface area (Å²) in [6, 6.07) is -0.588. The smallest absolute Gasteiger partial charge is 0.250 e. The molecule has 0 spiro atoms. The molecule has 1 aliphatic rings. The second kappa shape index (κ2) is 4.16. The number of carbonyl (C=O) groups excluding carboxylic acids is 3. The minimum Gasteiger partial charge on any atom is -0.294 e. The highest BCUT2D eigenvalue weighted by Gasteiger charge is 2.29. The molecular weight excluding hydrogens is 188 g/mol. The number of nitrogens with one attached hydrogen (secondary N) is 2. The van der Waals surface area contributed by atoms with Crippen molar-refractivity contribution in [1.29, 1.82) is 0 Å². The van der Waals surface area contributed by atoms with Crippen LogP contribution < -0.4 is 16.6 Å². The molecule has 7 heteroatoms. The van der Waals surface area contributed by atoms with Crippen LogP contribution in [0.4, 0.5) is 0 Å². The van der Waals surface area contributed by atoms with Crippen LogP contribution in [0.1, 0.15) is 6.92 Å². The van der Waals surface area contributed by atoms with Gasteiger partial charge < -0.3 is 0 Å². The van der Waals surface area contributed by atoms with E-state index in [1.54, 1.807) is 6.92 Å². The molecule has 14 heavy (non-hydrogen) atoms. The van der Waals surface area contributed by atoms with Crippen LogP contribution in [-0.4, -0.2) is 41.8 Å². The molecule has 78 valence electrons. The lowest BCUT2D eigenvalue weighted by Gasteiger charge is -2.29. The lowest BCUT2D eigenvalue weighted by molar-refractivity contribution is -0.138. The molecular formula is C7H12N4O3. The Bertz CT molecular complexity index is 262. The van der Waals surface area contributed by atoms with E-state index in [9.17, 15) is 14.4 Å². The summed E-state index contributed by atoms with van der Waals surface area (Å²) in [5.74, 6) is 3.70. The maximum Gasteiger partial charge on any atom is 0.250 e. The number of nitrogens with zero attached hydrogens (tertiary/aromatic N) is 1. The number of hydrogen-bond donors (Lipinski definition) is 3. The number of amides is 3. The predicted octanol–water partition coefficient (Wildman–Crippen LogP) is -2.68. The number of imide groups is 1. The van der Waals surface area contributed by atoms with Crippen LogP contribution in [0.3, 0.4) is 0 Å². The summed E-state index contributed by atoms with van der Waals surface area (Å²) in [5.41, 5.74) is 1.97. The Hall–Kier alpha value is -1.47. The predicted molar refractivity (Wildman–Crippen MR) is 46.5 cm³/mol. The lowest BCUT2D eigenvalue weighted by Crippen LogP contribution is -2.57. The standard InChI is InChI=1S/C7H12N4O3/c1-4(7(14)10-8)11-2-5(12)9-6(13)3-11/h4H,2-3,8H2,1H3,(H,10,14)(H,9,12,13). The van der Waals surface area contributed by atoms with Crippen molar-refractivity contribution in [2.24, 2.45) is 5.84 Å². The molecule has 7 nitrogen and oxygen atoms in total. The summed E-state index contributed by atoms with van der Waals surface area (Å²) >= 11 is 0. The average molecular weight is 200 g/mol. The number of rotatable bonds is 2. The molecule has 0 bridgehead atoms. The maximum atomic E-state index is 11.1. The van der Waals surface area contributed by atoms with Gasteiger partial charge in [-0.25, -0.2) is 5.84 Å². The van der Waals surface area contributed by atoms with Gasteiger partial charge in [0.05, 0.1) is 19.1 Å². The molecule has 1 atom stereocenters. The zero-order chi connectivity index (χ0) is 10.7. The minimum absolute atomic E-state index is 0.0281. The van der Waals surface area contributed by atoms with Gasteiger partial charge in [-0.3, -0.25) is 30.0 Å². The molecule has 1 fully saturated rings. The van der Waals surface area contributed by atoms with Crippen molar-refractivity contribution in [2.45, 2.75) is 13.0 Å². The molecule has 0 aliphatic carbocycles. The van der Waals surface area contributed by atoms with E-state index in [4.69, 9.17) is 5.84 Å². The highest BCUT2D eigenvalue weighted by Crippen LogP contribution is 2.01. The Morgan fingerprint density at radius 2 is 2.00 bits per heavy atom. The molecule has 0 aromatic rings. The number of hydrogen-bond acceptors (Lipinski definition) is 5. The van der Waals surface area contributed by atoms with Crippen molar-refractivity contribution in [1.82, 2.24) is 15.6 Å². The number of piperazine rings is 1. The fourth-order valence-electron chi connectivity index (χ4n) is 1.22. The molecule has 1 aliphatic heterocycles. The van der Waals surface area contributed by atoms with Crippen LogP contribution in [0.5, 0.6) is 0 Å². The van der Waals surface area contributed by atoms with Crippen molar-refractivity contribution in [2.75, 3.05) is 13.1 Å². The molecule has 3 amide bonds. The first kappa shape index (κ1) is 10.6. The van der Waals surface area contributed by atoms with Gasteiger partial charge in [0.25, 0.3) is 5.91 Å². The van der Waals surface area contributed by atoms with Gasteiger partial charge in [-0.1, -0.05) is 0 Å². The quantitative estimate of drug-likeness (QED) is 0.195. The lowest BCUT2D eigenvalue weighted by atomic mass is 10.2. The van der Waals surface area contributed by atoms with Gasteiger partial charge in [0.1, 0.15) is 0 Å². The first-order valence-electron chi connectivity index (χ1n) is 4.11. The summed E-state index contributed by atoms with van der Waals surface area (Å²) in [7, 11) is 0. The largest absolute Gasteiger partial charge is 0.294 e. The minimum atomic E-state index is -0.588. The fourth-order valence-corrected chi connectivity index (χ4v) is 1.22. The van der Waals surface area contributed by atoms with E-state index >= 15 is 0 Å². The van der Waals surface area contributed by atoms with Gasteiger partial charge >= 0.3 is 0 Å². The Labute approximate surface area is 80.6 Å². The Balaban J connectivity index is 2.63. The first-order valence-corrected chi connectivity index (χ1v) is 4.11. The molecule has 0 radical (unpaired) electrons. The molecule has 1 unspecified atom stereocenters. The topological polar surface area (TPSA) is 105 Å². The van der Waals surface area contributed by atoms with Crippen LogP contribution in [0.15, 0.2) is 0 Å². The van der Waals surface area contributed by atoms with Crippen LogP contribution in [0.25, 0.3) is 0 Å². The van der Waals surface area contributed by atoms with Gasteiger partial charge in [0.15, 0.2) is 0 Å². The van der Waals surface area contributed by atoms with Crippen LogP contribution in [-0.2, 0) is 14.4 Å². The summed E-state index contributed by atoms with van der Waals surface area (Å²) in [4.78, 5) is 34.5. The van der Waals surface area contributed by atoms with Crippen LogP contribution in [0, 0.1) is 0 Å². The van der Waals surface area contributed by atoms with Crippen molar-refractivity contribution in [3.8, 4) is 0 Å². The Kier molecular flexibility index (Phi) is 3.15. The van der Waals surface area contributed by atoms with Crippen molar-refractivity contribution < 1.29 is 14.4 Å². The van der Waals surface area contributed by atoms with Crippen LogP contribution in [0.2, 0.25) is 0 Å². The number of carbonyl (C=O) groups is 3. The first-order chi connectivity index (χ1) is 6.54. The molecule has 1 rings (SSSR count). The molecule has 0 saturated carbocycles. The van der Waals surface area contributed by atoms with E-state index in [2.05, 4.69) is 5.32 Å². The van der Waals surface area contributed by atoms with Crippen molar-refractivity contribution in [3.63, 3.8) is 0 Å². The SMILES string of the molecule is CC(C(=O)NN)N1CC(=O)NC(=O)C1. The monoisotopic (exact) mass is 200 g/mol. The zero-order valence-corrected chi connectivity index (χ0v) is 7.74. The molecule has 0 aromatic heterocycles. The highest BCUT2D eigenvalue weighted by molar-refractivity contribution is 6.00. The average Bonchev–Trinajstić information content (AvgIpc) is 2.14. The normalized spacial score (nSPS) is 20.1. The van der Waals surface area contributed by atoms with Gasteiger partial charge in [-0.2, -0.15) is 0 Å². The Morgan fingerprint density at radius 3 is 2.43 bits per heavy atom. The van der Waals surface area contributed by atoms with E-state index in [1.165, 1.54) is 4.90 Å². The number of hydrazine groups is 1.